The van der Waals surface area contributed by atoms with Crippen molar-refractivity contribution in [3.05, 3.63) is 0 Å². The Labute approximate surface area is 91.0 Å². The molecule has 88 valence electrons. The van der Waals surface area contributed by atoms with Crippen LogP contribution in [0, 0.1) is 10.8 Å². The van der Waals surface area contributed by atoms with Crippen molar-refractivity contribution in [2.24, 2.45) is 11.5 Å². The molecule has 0 atom stereocenters. The lowest BCUT2D eigenvalue weighted by Crippen LogP contribution is -2.33. The van der Waals surface area contributed by atoms with Crippen LogP contribution in [-0.4, -0.2) is 37.0 Å². The number of rotatable bonds is 7. The van der Waals surface area contributed by atoms with Crippen LogP contribution in [0.3, 0.4) is 0 Å². The molecule has 0 saturated carbocycles. The van der Waals surface area contributed by atoms with E-state index in [9.17, 15) is 0 Å². The predicted octanol–water partition coefficient (Wildman–Crippen LogP) is -0.145. The van der Waals surface area contributed by atoms with Gasteiger partial charge in [-0.25, -0.2) is 0 Å². The molecule has 0 unspecified atom stereocenters. The molecule has 0 aliphatic rings. The third kappa shape index (κ3) is 8.86. The molecule has 0 amide bonds. The number of hydrogen-bond acceptors (Lipinski definition) is 2. The molecule has 0 aromatic heterocycles. The van der Waals surface area contributed by atoms with E-state index in [0.717, 1.165) is 38.8 Å². The number of nitrogens with one attached hydrogen (secondary N) is 3. The highest BCUT2D eigenvalue weighted by Gasteiger charge is 1.98. The fourth-order valence-corrected chi connectivity index (χ4v) is 1.17. The molecule has 0 aromatic carbocycles. The first-order chi connectivity index (χ1) is 7.04. The number of unbranched alkanes of at least 4 members (excludes halogenated alkanes) is 3. The Hall–Kier alpha value is -1.46. The molecule has 0 spiro atoms. The summed E-state index contributed by atoms with van der Waals surface area (Å²) in [7, 11) is 1.82. The molecule has 0 aliphatic carbocycles. The van der Waals surface area contributed by atoms with E-state index in [1.807, 2.05) is 7.05 Å². The van der Waals surface area contributed by atoms with Gasteiger partial charge in [0.15, 0.2) is 11.9 Å². The van der Waals surface area contributed by atoms with Crippen LogP contribution in [0.5, 0.6) is 0 Å². The van der Waals surface area contributed by atoms with Crippen LogP contribution >= 0.6 is 0 Å². The van der Waals surface area contributed by atoms with Gasteiger partial charge in [-0.3, -0.25) is 10.8 Å². The lowest BCUT2D eigenvalue weighted by atomic mass is 10.2. The number of hydrogen-bond donors (Lipinski definition) is 5. The molecule has 0 radical (unpaired) electrons. The predicted molar refractivity (Wildman–Crippen MR) is 62.9 cm³/mol. The van der Waals surface area contributed by atoms with Crippen molar-refractivity contribution in [1.29, 1.82) is 10.8 Å². The Morgan fingerprint density at radius 1 is 1.13 bits per heavy atom. The zero-order chi connectivity index (χ0) is 11.7. The average molecular weight is 214 g/mol. The Morgan fingerprint density at radius 2 is 1.73 bits per heavy atom. The maximum atomic E-state index is 7.15. The maximum Gasteiger partial charge on any atom is 0.188 e. The van der Waals surface area contributed by atoms with Crippen molar-refractivity contribution in [1.82, 2.24) is 10.2 Å². The summed E-state index contributed by atoms with van der Waals surface area (Å²) in [6.07, 6.45) is 4.27. The minimum absolute atomic E-state index is 0.0336. The van der Waals surface area contributed by atoms with E-state index in [2.05, 4.69) is 5.32 Å². The fourth-order valence-electron chi connectivity index (χ4n) is 1.17. The number of guanidine groups is 2. The topological polar surface area (TPSA) is 115 Å². The molecule has 0 rings (SSSR count). The minimum Gasteiger partial charge on any atom is -0.370 e. The molecule has 0 heterocycles. The SMILES string of the molecule is CN(CCCCCCNC(=N)N)C(=N)N. The van der Waals surface area contributed by atoms with Gasteiger partial charge < -0.3 is 21.7 Å². The lowest BCUT2D eigenvalue weighted by Gasteiger charge is -2.15. The van der Waals surface area contributed by atoms with Crippen molar-refractivity contribution >= 4 is 11.9 Å². The molecule has 0 saturated heterocycles. The summed E-state index contributed by atoms with van der Waals surface area (Å²) in [5.41, 5.74) is 10.4. The molecule has 7 N–H and O–H groups in total. The van der Waals surface area contributed by atoms with Gasteiger partial charge in [0.25, 0.3) is 0 Å². The molecular formula is C9H22N6. The van der Waals surface area contributed by atoms with E-state index in [-0.39, 0.29) is 11.9 Å². The molecule has 15 heavy (non-hydrogen) atoms. The zero-order valence-corrected chi connectivity index (χ0v) is 9.34. The summed E-state index contributed by atoms with van der Waals surface area (Å²) in [4.78, 5) is 1.73. The van der Waals surface area contributed by atoms with E-state index < -0.39 is 0 Å². The molecular weight excluding hydrogens is 192 g/mol. The molecule has 0 bridgehead atoms. The van der Waals surface area contributed by atoms with Gasteiger partial charge in [0, 0.05) is 20.1 Å². The second-order valence-corrected chi connectivity index (χ2v) is 3.56. The van der Waals surface area contributed by atoms with Crippen LogP contribution in [0.1, 0.15) is 25.7 Å². The standard InChI is InChI=1S/C9H22N6/c1-15(9(12)13)7-5-3-2-4-6-14-8(10)11/h2-7H2,1H3,(H3,12,13)(H4,10,11,14). The average Bonchev–Trinajstić information content (AvgIpc) is 2.15. The molecule has 0 fully saturated rings. The summed E-state index contributed by atoms with van der Waals surface area (Å²) >= 11 is 0. The number of nitrogens with two attached hydrogens (primary N) is 2. The van der Waals surface area contributed by atoms with E-state index in [0.29, 0.717) is 0 Å². The van der Waals surface area contributed by atoms with Gasteiger partial charge in [-0.15, -0.1) is 0 Å². The quantitative estimate of drug-likeness (QED) is 0.230. The van der Waals surface area contributed by atoms with Gasteiger partial charge in [-0.05, 0) is 12.8 Å². The summed E-state index contributed by atoms with van der Waals surface area (Å²) in [6, 6.07) is 0. The summed E-state index contributed by atoms with van der Waals surface area (Å²) in [5.74, 6) is 0.152. The van der Waals surface area contributed by atoms with Crippen LogP contribution in [0.4, 0.5) is 0 Å². The van der Waals surface area contributed by atoms with Crippen LogP contribution in [-0.2, 0) is 0 Å². The van der Waals surface area contributed by atoms with Crippen LogP contribution in [0.15, 0.2) is 0 Å². The van der Waals surface area contributed by atoms with Crippen LogP contribution in [0.25, 0.3) is 0 Å². The Kier molecular flexibility index (Phi) is 7.13. The zero-order valence-electron chi connectivity index (χ0n) is 9.34. The van der Waals surface area contributed by atoms with E-state index >= 15 is 0 Å². The highest BCUT2D eigenvalue weighted by atomic mass is 15.2. The Balaban J connectivity index is 3.18. The van der Waals surface area contributed by atoms with Gasteiger partial charge in [0.1, 0.15) is 0 Å². The van der Waals surface area contributed by atoms with Crippen molar-refractivity contribution in [2.75, 3.05) is 20.1 Å². The smallest absolute Gasteiger partial charge is 0.188 e. The van der Waals surface area contributed by atoms with E-state index in [1.54, 1.807) is 4.90 Å². The fraction of sp³-hybridized carbons (Fsp3) is 0.778. The second-order valence-electron chi connectivity index (χ2n) is 3.56. The first-order valence-corrected chi connectivity index (χ1v) is 5.17. The highest BCUT2D eigenvalue weighted by molar-refractivity contribution is 5.74. The third-order valence-electron chi connectivity index (χ3n) is 2.15. The van der Waals surface area contributed by atoms with Crippen molar-refractivity contribution < 1.29 is 0 Å². The minimum atomic E-state index is 0.0336. The highest BCUT2D eigenvalue weighted by Crippen LogP contribution is 1.99. The van der Waals surface area contributed by atoms with E-state index in [1.165, 1.54) is 0 Å². The van der Waals surface area contributed by atoms with Gasteiger partial charge in [0.2, 0.25) is 0 Å². The van der Waals surface area contributed by atoms with E-state index in [4.69, 9.17) is 22.3 Å². The first-order valence-electron chi connectivity index (χ1n) is 5.17. The van der Waals surface area contributed by atoms with Gasteiger partial charge >= 0.3 is 0 Å². The molecule has 6 nitrogen and oxygen atoms in total. The van der Waals surface area contributed by atoms with Crippen LogP contribution in [0.2, 0.25) is 0 Å². The Bertz CT molecular complexity index is 203. The normalized spacial score (nSPS) is 9.67. The second kappa shape index (κ2) is 7.90. The largest absolute Gasteiger partial charge is 0.370 e. The number of nitrogens with zero attached hydrogens (tertiary/aromatic N) is 1. The van der Waals surface area contributed by atoms with Crippen molar-refractivity contribution in [3.63, 3.8) is 0 Å². The van der Waals surface area contributed by atoms with Gasteiger partial charge in [0.05, 0.1) is 0 Å². The van der Waals surface area contributed by atoms with Gasteiger partial charge in [-0.2, -0.15) is 0 Å². The summed E-state index contributed by atoms with van der Waals surface area (Å²) in [6.45, 7) is 1.59. The Morgan fingerprint density at radius 3 is 2.27 bits per heavy atom. The lowest BCUT2D eigenvalue weighted by molar-refractivity contribution is 0.462. The van der Waals surface area contributed by atoms with Crippen molar-refractivity contribution in [2.45, 2.75) is 25.7 Å². The summed E-state index contributed by atoms with van der Waals surface area (Å²) in [5, 5.41) is 16.8. The van der Waals surface area contributed by atoms with Crippen LogP contribution < -0.4 is 16.8 Å². The molecule has 0 aromatic rings. The molecule has 6 heteroatoms. The molecule has 0 aliphatic heterocycles. The maximum absolute atomic E-state index is 7.15. The monoisotopic (exact) mass is 214 g/mol. The summed E-state index contributed by atoms with van der Waals surface area (Å²) < 4.78 is 0. The van der Waals surface area contributed by atoms with Crippen molar-refractivity contribution in [3.8, 4) is 0 Å². The third-order valence-corrected chi connectivity index (χ3v) is 2.15. The first kappa shape index (κ1) is 13.5. The van der Waals surface area contributed by atoms with Gasteiger partial charge in [-0.1, -0.05) is 12.8 Å².